The van der Waals surface area contributed by atoms with Crippen molar-refractivity contribution in [2.45, 2.75) is 24.3 Å². The summed E-state index contributed by atoms with van der Waals surface area (Å²) in [5, 5.41) is 0.271. The highest BCUT2D eigenvalue weighted by molar-refractivity contribution is 7.89. The van der Waals surface area contributed by atoms with Gasteiger partial charge in [0.15, 0.2) is 0 Å². The summed E-state index contributed by atoms with van der Waals surface area (Å²) in [5.41, 5.74) is 0.769. The number of likely N-dealkylation sites (N-methyl/N-ethyl adjacent to an activating group) is 2. The fraction of sp³-hybridized carbons (Fsp3) is 0.500. The van der Waals surface area contributed by atoms with Crippen LogP contribution in [0, 0.1) is 0 Å². The van der Waals surface area contributed by atoms with Crippen molar-refractivity contribution in [1.82, 2.24) is 9.21 Å². The summed E-state index contributed by atoms with van der Waals surface area (Å²) in [6, 6.07) is 2.93. The van der Waals surface area contributed by atoms with Gasteiger partial charge in [-0.05, 0) is 19.1 Å². The van der Waals surface area contributed by atoms with Crippen LogP contribution in [0.2, 0.25) is 5.02 Å². The van der Waals surface area contributed by atoms with E-state index in [0.29, 0.717) is 12.2 Å². The third-order valence-corrected chi connectivity index (χ3v) is 5.55. The van der Waals surface area contributed by atoms with E-state index in [-0.39, 0.29) is 28.5 Å². The highest BCUT2D eigenvalue weighted by atomic mass is 35.5. The molecule has 1 aliphatic rings. The monoisotopic (exact) mass is 346 g/mol. The molecule has 0 bridgehead atoms. The summed E-state index contributed by atoms with van der Waals surface area (Å²) >= 11 is 6.12. The number of hydrogen-bond donors (Lipinski definition) is 0. The molecule has 122 valence electrons. The zero-order chi connectivity index (χ0) is 16.7. The zero-order valence-corrected chi connectivity index (χ0v) is 14.5. The first kappa shape index (κ1) is 17.1. The first-order valence-electron chi connectivity index (χ1n) is 6.78. The summed E-state index contributed by atoms with van der Waals surface area (Å²) in [4.78, 5) is 13.1. The van der Waals surface area contributed by atoms with Gasteiger partial charge in [-0.2, -0.15) is 4.31 Å². The van der Waals surface area contributed by atoms with Crippen LogP contribution in [0.1, 0.15) is 12.5 Å². The van der Waals surface area contributed by atoms with Crippen LogP contribution in [0.25, 0.3) is 0 Å². The van der Waals surface area contributed by atoms with E-state index in [1.165, 1.54) is 18.0 Å². The van der Waals surface area contributed by atoms with Gasteiger partial charge in [0.05, 0.1) is 16.5 Å². The van der Waals surface area contributed by atoms with Gasteiger partial charge in [0, 0.05) is 33.1 Å². The number of carbonyl (C=O) groups excluding carboxylic acids is 1. The number of halogens is 1. The van der Waals surface area contributed by atoms with Crippen LogP contribution in [0.15, 0.2) is 17.0 Å². The van der Waals surface area contributed by atoms with Gasteiger partial charge in [0.1, 0.15) is 11.9 Å². The van der Waals surface area contributed by atoms with Gasteiger partial charge in [0.2, 0.25) is 15.9 Å². The lowest BCUT2D eigenvalue weighted by molar-refractivity contribution is -0.128. The Bertz CT molecular complexity index is 703. The molecule has 0 saturated heterocycles. The average molecular weight is 347 g/mol. The lowest BCUT2D eigenvalue weighted by Crippen LogP contribution is -2.37. The van der Waals surface area contributed by atoms with Crippen molar-refractivity contribution in [2.24, 2.45) is 0 Å². The van der Waals surface area contributed by atoms with E-state index in [2.05, 4.69) is 0 Å². The van der Waals surface area contributed by atoms with Crippen molar-refractivity contribution >= 4 is 27.5 Å². The van der Waals surface area contributed by atoms with Gasteiger partial charge in [-0.1, -0.05) is 11.6 Å². The van der Waals surface area contributed by atoms with Crippen LogP contribution < -0.4 is 4.74 Å². The Balaban J connectivity index is 2.33. The van der Waals surface area contributed by atoms with Crippen molar-refractivity contribution in [1.29, 1.82) is 0 Å². The summed E-state index contributed by atoms with van der Waals surface area (Å²) < 4.78 is 31.7. The van der Waals surface area contributed by atoms with Crippen molar-refractivity contribution in [2.75, 3.05) is 27.7 Å². The van der Waals surface area contributed by atoms with Gasteiger partial charge >= 0.3 is 0 Å². The second-order valence-electron chi connectivity index (χ2n) is 5.58. The van der Waals surface area contributed by atoms with Gasteiger partial charge in [-0.3, -0.25) is 4.79 Å². The van der Waals surface area contributed by atoms with Crippen molar-refractivity contribution < 1.29 is 17.9 Å². The lowest BCUT2D eigenvalue weighted by Gasteiger charge is -2.19. The molecular formula is C14H19ClN2O4S. The Hall–Kier alpha value is -1.31. The van der Waals surface area contributed by atoms with Gasteiger partial charge < -0.3 is 9.64 Å². The molecular weight excluding hydrogens is 328 g/mol. The third-order valence-electron chi connectivity index (χ3n) is 3.49. The molecule has 8 heteroatoms. The minimum Gasteiger partial charge on any atom is -0.489 e. The molecule has 0 aromatic heterocycles. The van der Waals surface area contributed by atoms with E-state index in [1.54, 1.807) is 20.2 Å². The van der Waals surface area contributed by atoms with Gasteiger partial charge in [-0.15, -0.1) is 0 Å². The van der Waals surface area contributed by atoms with Crippen LogP contribution in [0.4, 0.5) is 0 Å². The predicted octanol–water partition coefficient (Wildman–Crippen LogP) is 1.37. The van der Waals surface area contributed by atoms with E-state index >= 15 is 0 Å². The molecule has 1 aromatic carbocycles. The fourth-order valence-corrected chi connectivity index (χ4v) is 3.75. The number of hydrogen-bond acceptors (Lipinski definition) is 4. The smallest absolute Gasteiger partial charge is 0.243 e. The van der Waals surface area contributed by atoms with Crippen molar-refractivity contribution in [3.05, 3.63) is 22.7 Å². The quantitative estimate of drug-likeness (QED) is 0.826. The van der Waals surface area contributed by atoms with E-state index in [9.17, 15) is 13.2 Å². The number of carbonyl (C=O) groups is 1. The van der Waals surface area contributed by atoms with E-state index in [4.69, 9.17) is 16.3 Å². The highest BCUT2D eigenvalue weighted by Crippen LogP contribution is 2.38. The van der Waals surface area contributed by atoms with Crippen molar-refractivity contribution in [3.63, 3.8) is 0 Å². The van der Waals surface area contributed by atoms with Gasteiger partial charge in [-0.25, -0.2) is 8.42 Å². The Morgan fingerprint density at radius 3 is 2.59 bits per heavy atom. The third kappa shape index (κ3) is 3.21. The average Bonchev–Trinajstić information content (AvgIpc) is 2.79. The fourth-order valence-electron chi connectivity index (χ4n) is 2.20. The Kier molecular flexibility index (Phi) is 4.70. The lowest BCUT2D eigenvalue weighted by atomic mass is 10.1. The first-order valence-corrected chi connectivity index (χ1v) is 8.60. The molecule has 0 N–H and O–H groups in total. The van der Waals surface area contributed by atoms with Gasteiger partial charge in [0.25, 0.3) is 0 Å². The van der Waals surface area contributed by atoms with Crippen LogP contribution >= 0.6 is 11.6 Å². The molecule has 6 nitrogen and oxygen atoms in total. The molecule has 2 rings (SSSR count). The van der Waals surface area contributed by atoms with Crippen LogP contribution in [0.3, 0.4) is 0 Å². The number of ether oxygens (including phenoxy) is 1. The van der Waals surface area contributed by atoms with Crippen molar-refractivity contribution in [3.8, 4) is 5.75 Å². The second-order valence-corrected chi connectivity index (χ2v) is 8.03. The zero-order valence-electron chi connectivity index (χ0n) is 13.0. The maximum absolute atomic E-state index is 12.6. The molecule has 1 heterocycles. The molecule has 1 aromatic rings. The van der Waals surface area contributed by atoms with Crippen LogP contribution in [-0.2, 0) is 21.2 Å². The number of amides is 1. The number of rotatable bonds is 4. The topological polar surface area (TPSA) is 66.9 Å². The Morgan fingerprint density at radius 2 is 2.00 bits per heavy atom. The largest absolute Gasteiger partial charge is 0.489 e. The number of benzene rings is 1. The SMILES string of the molecule is CC1Cc2cc(S(=O)(=O)N(C)CC(=O)N(C)C)cc(Cl)c2O1. The number of sulfonamides is 1. The normalized spacial score (nSPS) is 17.3. The maximum Gasteiger partial charge on any atom is 0.243 e. The molecule has 1 aliphatic heterocycles. The Morgan fingerprint density at radius 1 is 1.36 bits per heavy atom. The minimum atomic E-state index is -3.78. The van der Waals surface area contributed by atoms with E-state index in [0.717, 1.165) is 9.87 Å². The predicted molar refractivity (Wildman–Crippen MR) is 83.8 cm³/mol. The van der Waals surface area contributed by atoms with E-state index < -0.39 is 10.0 Å². The maximum atomic E-state index is 12.6. The number of fused-ring (bicyclic) bond motifs is 1. The summed E-state index contributed by atoms with van der Waals surface area (Å²) in [6.07, 6.45) is 0.581. The molecule has 1 amide bonds. The standard InChI is InChI=1S/C14H19ClN2O4S/c1-9-5-10-6-11(7-12(15)14(10)21-9)22(19,20)17(4)8-13(18)16(2)3/h6-7,9H,5,8H2,1-4H3. The summed E-state index contributed by atoms with van der Waals surface area (Å²) in [5.74, 6) is 0.246. The molecule has 22 heavy (non-hydrogen) atoms. The second kappa shape index (κ2) is 6.06. The minimum absolute atomic E-state index is 0.0292. The molecule has 0 saturated carbocycles. The van der Waals surface area contributed by atoms with Crippen LogP contribution in [0.5, 0.6) is 5.75 Å². The molecule has 0 fully saturated rings. The summed E-state index contributed by atoms with van der Waals surface area (Å²) in [6.45, 7) is 1.67. The van der Waals surface area contributed by atoms with E-state index in [1.807, 2.05) is 6.92 Å². The molecule has 1 atom stereocenters. The number of nitrogens with zero attached hydrogens (tertiary/aromatic N) is 2. The highest BCUT2D eigenvalue weighted by Gasteiger charge is 2.29. The Labute approximate surface area is 135 Å². The molecule has 1 unspecified atom stereocenters. The molecule has 0 spiro atoms. The van der Waals surface area contributed by atoms with Crippen LogP contribution in [-0.4, -0.2) is 57.3 Å². The molecule has 0 radical (unpaired) electrons. The summed E-state index contributed by atoms with van der Waals surface area (Å²) in [7, 11) is 0.743. The first-order chi connectivity index (χ1) is 10.1. The molecule has 0 aliphatic carbocycles.